The molecule has 1 aliphatic rings. The summed E-state index contributed by atoms with van der Waals surface area (Å²) in [6, 6.07) is 0. The lowest BCUT2D eigenvalue weighted by Gasteiger charge is -2.35. The van der Waals surface area contributed by atoms with E-state index in [1.807, 2.05) is 7.05 Å². The molecule has 0 aromatic carbocycles. The highest BCUT2D eigenvalue weighted by molar-refractivity contribution is 4.60. The van der Waals surface area contributed by atoms with Gasteiger partial charge in [-0.2, -0.15) is 4.65 Å². The van der Waals surface area contributed by atoms with Gasteiger partial charge in [0.2, 0.25) is 0 Å². The van der Waals surface area contributed by atoms with Gasteiger partial charge in [-0.3, -0.25) is 4.90 Å². The SMILES string of the molecule is CC(C)OCCN1CC[N+](C)(O)CC1. The zero-order valence-electron chi connectivity index (χ0n) is 9.57. The zero-order valence-corrected chi connectivity index (χ0v) is 9.57. The molecule has 1 N–H and O–H groups in total. The predicted octanol–water partition coefficient (Wildman–Crippen LogP) is 0.563. The Balaban J connectivity index is 2.10. The average molecular weight is 203 g/mol. The van der Waals surface area contributed by atoms with Crippen LogP contribution in [0, 0.1) is 0 Å². The van der Waals surface area contributed by atoms with E-state index in [2.05, 4.69) is 18.7 Å². The van der Waals surface area contributed by atoms with Crippen LogP contribution in [0.2, 0.25) is 0 Å². The minimum atomic E-state index is 0.168. The van der Waals surface area contributed by atoms with Gasteiger partial charge in [-0.15, -0.1) is 0 Å². The number of rotatable bonds is 4. The second-order valence-electron chi connectivity index (χ2n) is 4.55. The number of hydrogen-bond donors (Lipinski definition) is 1. The summed E-state index contributed by atoms with van der Waals surface area (Å²) in [5, 5.41) is 9.69. The van der Waals surface area contributed by atoms with Gasteiger partial charge in [-0.25, -0.2) is 5.21 Å². The van der Waals surface area contributed by atoms with E-state index in [1.54, 1.807) is 0 Å². The van der Waals surface area contributed by atoms with Gasteiger partial charge >= 0.3 is 0 Å². The molecule has 0 spiro atoms. The van der Waals surface area contributed by atoms with Gasteiger partial charge in [-0.05, 0) is 13.8 Å². The van der Waals surface area contributed by atoms with E-state index in [9.17, 15) is 5.21 Å². The summed E-state index contributed by atoms with van der Waals surface area (Å²) < 4.78 is 5.66. The summed E-state index contributed by atoms with van der Waals surface area (Å²) in [4.78, 5) is 2.35. The van der Waals surface area contributed by atoms with Crippen molar-refractivity contribution in [3.8, 4) is 0 Å². The second-order valence-corrected chi connectivity index (χ2v) is 4.55. The molecule has 14 heavy (non-hydrogen) atoms. The number of likely N-dealkylation sites (N-methyl/N-ethyl adjacent to an activating group) is 1. The summed E-state index contributed by atoms with van der Waals surface area (Å²) in [5.74, 6) is 0. The smallest absolute Gasteiger partial charge is 0.121 e. The van der Waals surface area contributed by atoms with Gasteiger partial charge in [0.1, 0.15) is 13.1 Å². The Morgan fingerprint density at radius 3 is 2.43 bits per heavy atom. The first-order chi connectivity index (χ1) is 6.49. The van der Waals surface area contributed by atoms with Crippen molar-refractivity contribution in [2.75, 3.05) is 46.4 Å². The maximum absolute atomic E-state index is 9.69. The maximum atomic E-state index is 9.69. The van der Waals surface area contributed by atoms with Gasteiger partial charge in [0, 0.05) is 6.54 Å². The Morgan fingerprint density at radius 2 is 1.93 bits per heavy atom. The van der Waals surface area contributed by atoms with E-state index in [0.717, 1.165) is 39.3 Å². The molecule has 0 radical (unpaired) electrons. The first-order valence-corrected chi connectivity index (χ1v) is 5.41. The summed E-state index contributed by atoms with van der Waals surface area (Å²) in [7, 11) is 1.86. The van der Waals surface area contributed by atoms with Crippen molar-refractivity contribution in [3.05, 3.63) is 0 Å². The van der Waals surface area contributed by atoms with E-state index in [-0.39, 0.29) is 4.65 Å². The van der Waals surface area contributed by atoms with Gasteiger partial charge in [0.25, 0.3) is 0 Å². The number of hydroxylamine groups is 3. The Hall–Kier alpha value is -0.160. The van der Waals surface area contributed by atoms with Crippen molar-refractivity contribution < 1.29 is 14.6 Å². The standard InChI is InChI=1S/C10H23N2O2/c1-10(2)14-9-6-11-4-7-12(3,13)8-5-11/h10,13H,4-9H2,1-3H3/q+1. The molecule has 1 aliphatic heterocycles. The normalized spacial score (nSPS) is 22.9. The van der Waals surface area contributed by atoms with Crippen LogP contribution in [0.1, 0.15) is 13.8 Å². The van der Waals surface area contributed by atoms with Crippen LogP contribution in [0.15, 0.2) is 0 Å². The Labute approximate surface area is 86.6 Å². The highest BCUT2D eigenvalue weighted by Crippen LogP contribution is 2.05. The van der Waals surface area contributed by atoms with Crippen molar-refractivity contribution in [1.82, 2.24) is 4.90 Å². The predicted molar refractivity (Wildman–Crippen MR) is 55.2 cm³/mol. The van der Waals surface area contributed by atoms with E-state index < -0.39 is 0 Å². The van der Waals surface area contributed by atoms with Crippen molar-refractivity contribution in [1.29, 1.82) is 0 Å². The van der Waals surface area contributed by atoms with Crippen molar-refractivity contribution in [2.45, 2.75) is 20.0 Å². The quantitative estimate of drug-likeness (QED) is 0.678. The molecule has 0 aliphatic carbocycles. The molecule has 4 nitrogen and oxygen atoms in total. The molecule has 1 fully saturated rings. The average Bonchev–Trinajstić information content (AvgIpc) is 2.07. The monoisotopic (exact) mass is 203 g/mol. The van der Waals surface area contributed by atoms with Crippen molar-refractivity contribution in [2.24, 2.45) is 0 Å². The van der Waals surface area contributed by atoms with Crippen molar-refractivity contribution in [3.63, 3.8) is 0 Å². The lowest BCUT2D eigenvalue weighted by atomic mass is 10.3. The van der Waals surface area contributed by atoms with Crippen molar-refractivity contribution >= 4 is 0 Å². The summed E-state index contributed by atoms with van der Waals surface area (Å²) in [6.07, 6.45) is 0.318. The molecule has 0 saturated carbocycles. The number of nitrogens with zero attached hydrogens (tertiary/aromatic N) is 2. The first kappa shape index (κ1) is 11.9. The third kappa shape index (κ3) is 4.37. The molecule has 0 aromatic rings. The third-order valence-corrected chi connectivity index (χ3v) is 2.65. The van der Waals surface area contributed by atoms with E-state index >= 15 is 0 Å². The molecule has 1 rings (SSSR count). The molecular weight excluding hydrogens is 180 g/mol. The Kier molecular flexibility index (Phi) is 4.31. The molecule has 84 valence electrons. The number of hydrogen-bond acceptors (Lipinski definition) is 3. The first-order valence-electron chi connectivity index (χ1n) is 5.41. The summed E-state index contributed by atoms with van der Waals surface area (Å²) in [6.45, 7) is 9.47. The highest BCUT2D eigenvalue weighted by Gasteiger charge is 2.26. The highest BCUT2D eigenvalue weighted by atomic mass is 16.5. The minimum Gasteiger partial charge on any atom is -0.377 e. The minimum absolute atomic E-state index is 0.168. The topological polar surface area (TPSA) is 32.7 Å². The van der Waals surface area contributed by atoms with Crippen LogP contribution in [0.4, 0.5) is 0 Å². The summed E-state index contributed by atoms with van der Waals surface area (Å²) >= 11 is 0. The molecule has 1 saturated heterocycles. The zero-order chi connectivity index (χ0) is 10.6. The van der Waals surface area contributed by atoms with E-state index in [0.29, 0.717) is 6.10 Å². The van der Waals surface area contributed by atoms with Gasteiger partial charge in [0.05, 0.1) is 32.8 Å². The van der Waals surface area contributed by atoms with Crippen LogP contribution in [-0.4, -0.2) is 67.2 Å². The van der Waals surface area contributed by atoms with Crippen LogP contribution in [0.25, 0.3) is 0 Å². The number of ether oxygens (including phenoxy) is 1. The molecule has 0 atom stereocenters. The molecule has 0 unspecified atom stereocenters. The molecule has 1 heterocycles. The molecular formula is C10H23N2O2+. The fourth-order valence-corrected chi connectivity index (χ4v) is 1.58. The van der Waals surface area contributed by atoms with Crippen LogP contribution >= 0.6 is 0 Å². The number of piperazine rings is 1. The van der Waals surface area contributed by atoms with E-state index in [4.69, 9.17) is 4.74 Å². The Bertz CT molecular complexity index is 162. The molecule has 0 bridgehead atoms. The maximum Gasteiger partial charge on any atom is 0.121 e. The molecule has 0 aromatic heterocycles. The summed E-state index contributed by atoms with van der Waals surface area (Å²) in [5.41, 5.74) is 0. The van der Waals surface area contributed by atoms with E-state index in [1.165, 1.54) is 0 Å². The fourth-order valence-electron chi connectivity index (χ4n) is 1.58. The number of quaternary nitrogens is 1. The van der Waals surface area contributed by atoms with Gasteiger partial charge < -0.3 is 4.74 Å². The van der Waals surface area contributed by atoms with Gasteiger partial charge in [0.15, 0.2) is 0 Å². The molecule has 4 heteroatoms. The van der Waals surface area contributed by atoms with Gasteiger partial charge in [-0.1, -0.05) is 0 Å². The second kappa shape index (κ2) is 5.07. The lowest BCUT2D eigenvalue weighted by Crippen LogP contribution is -2.55. The fraction of sp³-hybridized carbons (Fsp3) is 1.00. The molecule has 0 amide bonds. The van der Waals surface area contributed by atoms with Crippen LogP contribution in [0.3, 0.4) is 0 Å². The Morgan fingerprint density at radius 1 is 1.36 bits per heavy atom. The third-order valence-electron chi connectivity index (χ3n) is 2.65. The largest absolute Gasteiger partial charge is 0.377 e. The van der Waals surface area contributed by atoms with Crippen LogP contribution < -0.4 is 0 Å². The lowest BCUT2D eigenvalue weighted by molar-refractivity contribution is -1.09. The van der Waals surface area contributed by atoms with Crippen LogP contribution in [-0.2, 0) is 4.74 Å². The van der Waals surface area contributed by atoms with Crippen LogP contribution in [0.5, 0.6) is 0 Å².